The summed E-state index contributed by atoms with van der Waals surface area (Å²) in [4.78, 5) is 24.9. The molecule has 1 atom stereocenters. The molecule has 0 saturated carbocycles. The Hall–Kier alpha value is -3.91. The molecule has 1 amide bonds. The molecule has 7 nitrogen and oxygen atoms in total. The summed E-state index contributed by atoms with van der Waals surface area (Å²) in [7, 11) is 0. The maximum absolute atomic E-state index is 16.4. The summed E-state index contributed by atoms with van der Waals surface area (Å²) in [6, 6.07) is 12.3. The molecule has 1 aliphatic rings. The van der Waals surface area contributed by atoms with Gasteiger partial charge in [-0.05, 0) is 54.0 Å². The first-order valence-electron chi connectivity index (χ1n) is 12.6. The van der Waals surface area contributed by atoms with Crippen molar-refractivity contribution < 1.29 is 19.0 Å². The minimum absolute atomic E-state index is 0.00498. The van der Waals surface area contributed by atoms with Gasteiger partial charge in [0.15, 0.2) is 5.82 Å². The van der Waals surface area contributed by atoms with E-state index in [4.69, 9.17) is 16.3 Å². The minimum Gasteiger partial charge on any atom is -0.508 e. The number of benzene rings is 3. The number of piperazine rings is 1. The molecule has 4 aromatic rings. The van der Waals surface area contributed by atoms with Crippen LogP contribution >= 0.6 is 11.6 Å². The van der Waals surface area contributed by atoms with Crippen LogP contribution in [-0.2, 0) is 4.79 Å². The molecule has 38 heavy (non-hydrogen) atoms. The second-order valence-corrected chi connectivity index (χ2v) is 9.75. The summed E-state index contributed by atoms with van der Waals surface area (Å²) in [6.45, 7) is 9.38. The number of phenolic OH excluding ortho intramolecular Hbond substituents is 1. The fourth-order valence-electron chi connectivity index (χ4n) is 4.73. The van der Waals surface area contributed by atoms with Crippen molar-refractivity contribution in [3.63, 3.8) is 0 Å². The highest BCUT2D eigenvalue weighted by Crippen LogP contribution is 2.42. The number of carbonyl (C=O) groups excluding carboxylic acids is 1. The third-order valence-corrected chi connectivity index (χ3v) is 7.20. The Labute approximate surface area is 225 Å². The number of carbonyl (C=O) groups is 1. The molecule has 0 spiro atoms. The van der Waals surface area contributed by atoms with Crippen molar-refractivity contribution in [2.75, 3.05) is 31.1 Å². The molecule has 0 radical (unpaired) electrons. The molecule has 1 fully saturated rings. The average molecular weight is 535 g/mol. The fourth-order valence-corrected chi connectivity index (χ4v) is 5.03. The van der Waals surface area contributed by atoms with Crippen molar-refractivity contribution >= 4 is 45.0 Å². The van der Waals surface area contributed by atoms with Crippen LogP contribution in [0.2, 0.25) is 5.02 Å². The summed E-state index contributed by atoms with van der Waals surface area (Å²) < 4.78 is 22.4. The third-order valence-electron chi connectivity index (χ3n) is 6.91. The molecule has 1 N–H and O–H groups in total. The molecule has 2 heterocycles. The van der Waals surface area contributed by atoms with Crippen molar-refractivity contribution in [3.8, 4) is 22.9 Å². The van der Waals surface area contributed by atoms with Gasteiger partial charge < -0.3 is 19.6 Å². The summed E-state index contributed by atoms with van der Waals surface area (Å²) in [6.07, 6.45) is 1.85. The van der Waals surface area contributed by atoms with Crippen molar-refractivity contribution in [2.45, 2.75) is 26.4 Å². The van der Waals surface area contributed by atoms with E-state index in [1.54, 1.807) is 17.0 Å². The van der Waals surface area contributed by atoms with E-state index in [1.165, 1.54) is 12.1 Å². The molecule has 1 saturated heterocycles. The zero-order valence-corrected chi connectivity index (χ0v) is 22.0. The standard InChI is InChI=1S/C29H28ClFN4O3/c1-4-17(3)38-29-32-27-22(28(33-29)35-12-10-34(11-13-35)24(37)5-2)16-23(30)25(26(27)31)21-15-19(36)14-18-8-6-7-9-20(18)21/h5-9,14-17,36H,2,4,10-13H2,1,3H3. The zero-order chi connectivity index (χ0) is 27.0. The Kier molecular flexibility index (Phi) is 7.08. The minimum atomic E-state index is -0.624. The molecule has 1 aromatic heterocycles. The van der Waals surface area contributed by atoms with Gasteiger partial charge in [-0.3, -0.25) is 4.79 Å². The molecule has 0 aliphatic carbocycles. The number of rotatable bonds is 6. The number of ether oxygens (including phenoxy) is 1. The summed E-state index contributed by atoms with van der Waals surface area (Å²) in [5.41, 5.74) is 0.683. The van der Waals surface area contributed by atoms with Gasteiger partial charge in [0, 0.05) is 37.1 Å². The van der Waals surface area contributed by atoms with Crippen molar-refractivity contribution in [3.05, 3.63) is 66.0 Å². The Morgan fingerprint density at radius 3 is 2.63 bits per heavy atom. The van der Waals surface area contributed by atoms with Crippen LogP contribution in [0.5, 0.6) is 11.8 Å². The van der Waals surface area contributed by atoms with Crippen molar-refractivity contribution in [1.82, 2.24) is 14.9 Å². The molecule has 1 unspecified atom stereocenters. The van der Waals surface area contributed by atoms with Gasteiger partial charge in [-0.2, -0.15) is 9.97 Å². The maximum atomic E-state index is 16.4. The largest absolute Gasteiger partial charge is 0.508 e. The second kappa shape index (κ2) is 10.5. The number of hydrogen-bond donors (Lipinski definition) is 1. The fraction of sp³-hybridized carbons (Fsp3) is 0.276. The molecule has 9 heteroatoms. The van der Waals surface area contributed by atoms with E-state index in [0.717, 1.165) is 17.2 Å². The van der Waals surface area contributed by atoms with E-state index in [2.05, 4.69) is 16.5 Å². The number of halogens is 2. The van der Waals surface area contributed by atoms with E-state index >= 15 is 4.39 Å². The number of phenols is 1. The monoisotopic (exact) mass is 534 g/mol. The van der Waals surface area contributed by atoms with E-state index in [9.17, 15) is 9.90 Å². The lowest BCUT2D eigenvalue weighted by atomic mass is 9.96. The Bertz CT molecular complexity index is 1550. The second-order valence-electron chi connectivity index (χ2n) is 9.34. The molecule has 0 bridgehead atoms. The third kappa shape index (κ3) is 4.72. The molecule has 1 aliphatic heterocycles. The van der Waals surface area contributed by atoms with Gasteiger partial charge in [0.2, 0.25) is 5.91 Å². The highest BCUT2D eigenvalue weighted by Gasteiger charge is 2.27. The number of aromatic hydroxyl groups is 1. The maximum Gasteiger partial charge on any atom is 0.319 e. The number of amides is 1. The predicted octanol–water partition coefficient (Wildman–Crippen LogP) is 5.96. The first kappa shape index (κ1) is 25.7. The molecular formula is C29H28ClFN4O3. The van der Waals surface area contributed by atoms with Gasteiger partial charge in [0.25, 0.3) is 0 Å². The normalized spacial score (nSPS) is 14.6. The first-order valence-corrected chi connectivity index (χ1v) is 12.9. The van der Waals surface area contributed by atoms with Crippen LogP contribution in [0.25, 0.3) is 32.8 Å². The van der Waals surface area contributed by atoms with Gasteiger partial charge in [0.1, 0.15) is 17.1 Å². The summed E-state index contributed by atoms with van der Waals surface area (Å²) >= 11 is 6.75. The van der Waals surface area contributed by atoms with Crippen LogP contribution in [0.3, 0.4) is 0 Å². The lowest BCUT2D eigenvalue weighted by molar-refractivity contribution is -0.126. The molecular weight excluding hydrogens is 507 g/mol. The van der Waals surface area contributed by atoms with Crippen LogP contribution < -0.4 is 9.64 Å². The topological polar surface area (TPSA) is 78.8 Å². The Morgan fingerprint density at radius 1 is 1.18 bits per heavy atom. The van der Waals surface area contributed by atoms with Gasteiger partial charge in [-0.15, -0.1) is 0 Å². The number of anilines is 1. The predicted molar refractivity (Wildman–Crippen MR) is 148 cm³/mol. The highest BCUT2D eigenvalue weighted by molar-refractivity contribution is 6.35. The van der Waals surface area contributed by atoms with Crippen molar-refractivity contribution in [2.24, 2.45) is 0 Å². The molecule has 5 rings (SSSR count). The van der Waals surface area contributed by atoms with Crippen LogP contribution in [0, 0.1) is 5.82 Å². The number of hydrogen-bond acceptors (Lipinski definition) is 6. The van der Waals surface area contributed by atoms with Gasteiger partial charge in [-0.1, -0.05) is 49.4 Å². The number of nitrogens with zero attached hydrogens (tertiary/aromatic N) is 4. The van der Waals surface area contributed by atoms with E-state index in [1.807, 2.05) is 43.0 Å². The Balaban J connectivity index is 1.69. The quantitative estimate of drug-likeness (QED) is 0.307. The van der Waals surface area contributed by atoms with Gasteiger partial charge in [-0.25, -0.2) is 4.39 Å². The highest BCUT2D eigenvalue weighted by atomic mass is 35.5. The zero-order valence-electron chi connectivity index (χ0n) is 21.2. The van der Waals surface area contributed by atoms with E-state index in [0.29, 0.717) is 42.9 Å². The number of aromatic nitrogens is 2. The Morgan fingerprint density at radius 2 is 1.92 bits per heavy atom. The van der Waals surface area contributed by atoms with Crippen LogP contribution in [0.4, 0.5) is 10.2 Å². The SMILES string of the molecule is C=CC(=O)N1CCN(c2nc(OC(C)CC)nc3c(F)c(-c4cc(O)cc5ccccc45)c(Cl)cc23)CC1. The smallest absolute Gasteiger partial charge is 0.319 e. The molecule has 196 valence electrons. The van der Waals surface area contributed by atoms with Crippen molar-refractivity contribution in [1.29, 1.82) is 0 Å². The van der Waals surface area contributed by atoms with Gasteiger partial charge in [0.05, 0.1) is 11.1 Å². The summed E-state index contributed by atoms with van der Waals surface area (Å²) in [5, 5.41) is 12.5. The lowest BCUT2D eigenvalue weighted by Crippen LogP contribution is -2.48. The van der Waals surface area contributed by atoms with Gasteiger partial charge >= 0.3 is 6.01 Å². The average Bonchev–Trinajstić information content (AvgIpc) is 2.92. The lowest BCUT2D eigenvalue weighted by Gasteiger charge is -2.35. The van der Waals surface area contributed by atoms with Crippen LogP contribution in [-0.4, -0.2) is 58.2 Å². The van der Waals surface area contributed by atoms with E-state index in [-0.39, 0.29) is 39.9 Å². The first-order chi connectivity index (χ1) is 18.3. The number of fused-ring (bicyclic) bond motifs is 2. The van der Waals surface area contributed by atoms with Crippen LogP contribution in [0.15, 0.2) is 55.1 Å². The van der Waals surface area contributed by atoms with E-state index < -0.39 is 5.82 Å². The van der Waals surface area contributed by atoms with Crippen LogP contribution in [0.1, 0.15) is 20.3 Å². The molecule has 3 aromatic carbocycles. The summed E-state index contributed by atoms with van der Waals surface area (Å²) in [5.74, 6) is -0.256.